The van der Waals surface area contributed by atoms with Crippen LogP contribution in [-0.4, -0.2) is 17.5 Å². The fourth-order valence-corrected chi connectivity index (χ4v) is 1.10. The minimum Gasteiger partial charge on any atom is -0.313 e. The molecule has 0 unspecified atom stereocenters. The van der Waals surface area contributed by atoms with E-state index in [1.165, 1.54) is 4.90 Å². The normalized spacial score (nSPS) is 18.6. The maximum Gasteiger partial charge on any atom is 0.255 e. The van der Waals surface area contributed by atoms with Crippen molar-refractivity contribution in [3.63, 3.8) is 0 Å². The molecular weight excluding hydrogens is 140 g/mol. The monoisotopic (exact) mass is 152 g/mol. The molecule has 0 bridgehead atoms. The van der Waals surface area contributed by atoms with Crippen LogP contribution in [-0.2, 0) is 4.79 Å². The summed E-state index contributed by atoms with van der Waals surface area (Å²) in [7, 11) is 0. The summed E-state index contributed by atoms with van der Waals surface area (Å²) in [6, 6.07) is 0. The molecule has 0 radical (unpaired) electrons. The zero-order valence-corrected chi connectivity index (χ0v) is 6.85. The molecule has 1 aliphatic heterocycles. The van der Waals surface area contributed by atoms with Crippen LogP contribution in [0.4, 0.5) is 0 Å². The molecule has 0 saturated heterocycles. The van der Waals surface area contributed by atoms with Crippen molar-refractivity contribution in [1.82, 2.24) is 4.90 Å². The van der Waals surface area contributed by atoms with Crippen molar-refractivity contribution < 1.29 is 4.79 Å². The van der Waals surface area contributed by atoms with Gasteiger partial charge in [-0.1, -0.05) is 6.58 Å². The van der Waals surface area contributed by atoms with Gasteiger partial charge in [-0.25, -0.2) is 0 Å². The number of allylic oxidation sites excluding steroid dienone is 1. The third-order valence-electron chi connectivity index (χ3n) is 2.07. The first-order valence-electron chi connectivity index (χ1n) is 3.48. The van der Waals surface area contributed by atoms with E-state index in [4.69, 9.17) is 5.73 Å². The molecule has 60 valence electrons. The van der Waals surface area contributed by atoms with Crippen LogP contribution in [0.2, 0.25) is 0 Å². The minimum atomic E-state index is -0.0185. The molecule has 11 heavy (non-hydrogen) atoms. The Balaban J connectivity index is 3.02. The summed E-state index contributed by atoms with van der Waals surface area (Å²) in [5.41, 5.74) is 7.78. The Kier molecular flexibility index (Phi) is 1.83. The van der Waals surface area contributed by atoms with Crippen LogP contribution in [0.25, 0.3) is 0 Å². The smallest absolute Gasteiger partial charge is 0.255 e. The molecule has 0 aromatic rings. The number of nitrogens with zero attached hydrogens (tertiary/aromatic N) is 1. The lowest BCUT2D eigenvalue weighted by Crippen LogP contribution is -2.30. The second-order valence-electron chi connectivity index (χ2n) is 2.61. The van der Waals surface area contributed by atoms with Gasteiger partial charge in [0, 0.05) is 11.3 Å². The van der Waals surface area contributed by atoms with Crippen LogP contribution in [0.5, 0.6) is 0 Å². The quantitative estimate of drug-likeness (QED) is 0.598. The zero-order chi connectivity index (χ0) is 8.59. The molecule has 0 spiro atoms. The highest BCUT2D eigenvalue weighted by atomic mass is 16.2. The standard InChI is InChI=1S/C8H12N2O/c1-5-6(2)8(11)10(4-9)7(5)3/h3-4,9H2,1-2H3. The van der Waals surface area contributed by atoms with E-state index in [1.807, 2.05) is 6.92 Å². The molecule has 0 atom stereocenters. The van der Waals surface area contributed by atoms with E-state index in [0.717, 1.165) is 16.8 Å². The largest absolute Gasteiger partial charge is 0.313 e. The van der Waals surface area contributed by atoms with Crippen LogP contribution in [0.3, 0.4) is 0 Å². The minimum absolute atomic E-state index is 0.0185. The molecule has 0 aromatic heterocycles. The Labute approximate surface area is 66.2 Å². The van der Waals surface area contributed by atoms with E-state index in [1.54, 1.807) is 6.92 Å². The first-order valence-corrected chi connectivity index (χ1v) is 3.48. The maximum absolute atomic E-state index is 11.3. The Morgan fingerprint density at radius 2 is 2.00 bits per heavy atom. The summed E-state index contributed by atoms with van der Waals surface area (Å²) >= 11 is 0. The lowest BCUT2D eigenvalue weighted by molar-refractivity contribution is -0.124. The Bertz CT molecular complexity index is 229. The third kappa shape index (κ3) is 0.973. The molecule has 0 saturated carbocycles. The number of hydrogen-bond acceptors (Lipinski definition) is 2. The lowest BCUT2D eigenvalue weighted by atomic mass is 10.2. The molecule has 1 aliphatic rings. The van der Waals surface area contributed by atoms with E-state index < -0.39 is 0 Å². The molecule has 0 aromatic carbocycles. The van der Waals surface area contributed by atoms with Gasteiger partial charge in [0.05, 0.1) is 6.67 Å². The maximum atomic E-state index is 11.3. The van der Waals surface area contributed by atoms with Crippen LogP contribution >= 0.6 is 0 Å². The molecule has 3 heteroatoms. The highest BCUT2D eigenvalue weighted by molar-refractivity contribution is 5.99. The summed E-state index contributed by atoms with van der Waals surface area (Å²) in [5, 5.41) is 0. The summed E-state index contributed by atoms with van der Waals surface area (Å²) in [6.45, 7) is 7.64. The highest BCUT2D eigenvalue weighted by Gasteiger charge is 2.26. The molecule has 2 N–H and O–H groups in total. The summed E-state index contributed by atoms with van der Waals surface area (Å²) in [4.78, 5) is 12.8. The van der Waals surface area contributed by atoms with E-state index in [0.29, 0.717) is 0 Å². The SMILES string of the molecule is C=C1C(C)=C(C)C(=O)N1CN. The molecule has 1 rings (SSSR count). The van der Waals surface area contributed by atoms with Crippen molar-refractivity contribution in [2.75, 3.05) is 6.67 Å². The van der Waals surface area contributed by atoms with Gasteiger partial charge in [0.15, 0.2) is 0 Å². The van der Waals surface area contributed by atoms with E-state index in [9.17, 15) is 4.79 Å². The molecular formula is C8H12N2O. The van der Waals surface area contributed by atoms with E-state index in [2.05, 4.69) is 6.58 Å². The van der Waals surface area contributed by atoms with Crippen molar-refractivity contribution in [3.05, 3.63) is 23.4 Å². The molecule has 3 nitrogen and oxygen atoms in total. The fourth-order valence-electron chi connectivity index (χ4n) is 1.10. The van der Waals surface area contributed by atoms with Crippen molar-refractivity contribution in [3.8, 4) is 0 Å². The number of carbonyl (C=O) groups excluding carboxylic acids is 1. The van der Waals surface area contributed by atoms with Crippen molar-refractivity contribution in [1.29, 1.82) is 0 Å². The van der Waals surface area contributed by atoms with Gasteiger partial charge in [-0.05, 0) is 19.4 Å². The second-order valence-corrected chi connectivity index (χ2v) is 2.61. The van der Waals surface area contributed by atoms with Gasteiger partial charge in [-0.3, -0.25) is 9.69 Å². The first-order chi connectivity index (χ1) is 5.09. The van der Waals surface area contributed by atoms with Gasteiger partial charge in [-0.15, -0.1) is 0 Å². The Hall–Kier alpha value is -1.09. The molecule has 1 heterocycles. The number of hydrogen-bond donors (Lipinski definition) is 1. The summed E-state index contributed by atoms with van der Waals surface area (Å²) in [5.74, 6) is -0.0185. The Morgan fingerprint density at radius 1 is 1.45 bits per heavy atom. The molecule has 0 aliphatic carbocycles. The van der Waals surface area contributed by atoms with Crippen molar-refractivity contribution in [2.24, 2.45) is 5.73 Å². The summed E-state index contributed by atoms with van der Waals surface area (Å²) in [6.07, 6.45) is 0. The third-order valence-corrected chi connectivity index (χ3v) is 2.07. The van der Waals surface area contributed by atoms with Gasteiger partial charge >= 0.3 is 0 Å². The number of amides is 1. The average molecular weight is 152 g/mol. The van der Waals surface area contributed by atoms with Crippen LogP contribution in [0, 0.1) is 0 Å². The zero-order valence-electron chi connectivity index (χ0n) is 6.85. The number of rotatable bonds is 1. The van der Waals surface area contributed by atoms with Crippen LogP contribution < -0.4 is 5.73 Å². The lowest BCUT2D eigenvalue weighted by Gasteiger charge is -2.14. The van der Waals surface area contributed by atoms with E-state index >= 15 is 0 Å². The molecule has 0 fully saturated rings. The number of carbonyl (C=O) groups is 1. The van der Waals surface area contributed by atoms with Gasteiger partial charge in [0.2, 0.25) is 0 Å². The van der Waals surface area contributed by atoms with Crippen LogP contribution in [0.15, 0.2) is 23.4 Å². The van der Waals surface area contributed by atoms with Crippen LogP contribution in [0.1, 0.15) is 13.8 Å². The Morgan fingerprint density at radius 3 is 2.18 bits per heavy atom. The molecule has 1 amide bonds. The first kappa shape index (κ1) is 8.01. The predicted octanol–water partition coefficient (Wildman–Crippen LogP) is 0.595. The fraction of sp³-hybridized carbons (Fsp3) is 0.375. The van der Waals surface area contributed by atoms with Gasteiger partial charge in [-0.2, -0.15) is 0 Å². The predicted molar refractivity (Wildman–Crippen MR) is 43.4 cm³/mol. The topological polar surface area (TPSA) is 46.3 Å². The van der Waals surface area contributed by atoms with Gasteiger partial charge in [0.1, 0.15) is 0 Å². The number of nitrogens with two attached hydrogens (primary N) is 1. The van der Waals surface area contributed by atoms with Gasteiger partial charge in [0.25, 0.3) is 5.91 Å². The van der Waals surface area contributed by atoms with E-state index in [-0.39, 0.29) is 12.6 Å². The van der Waals surface area contributed by atoms with Crippen molar-refractivity contribution in [2.45, 2.75) is 13.8 Å². The second kappa shape index (κ2) is 2.51. The average Bonchev–Trinajstić information content (AvgIpc) is 2.17. The summed E-state index contributed by atoms with van der Waals surface area (Å²) < 4.78 is 0. The van der Waals surface area contributed by atoms with Gasteiger partial charge < -0.3 is 5.73 Å². The van der Waals surface area contributed by atoms with Crippen molar-refractivity contribution >= 4 is 5.91 Å². The highest BCUT2D eigenvalue weighted by Crippen LogP contribution is 2.25.